The topological polar surface area (TPSA) is 26.0 Å². The Morgan fingerprint density at radius 2 is 1.90 bits per heavy atom. The molecule has 2 aromatic rings. The van der Waals surface area contributed by atoms with Gasteiger partial charge in [-0.1, -0.05) is 42.8 Å². The molecule has 0 amide bonds. The van der Waals surface area contributed by atoms with E-state index in [4.69, 9.17) is 5.73 Å². The van der Waals surface area contributed by atoms with Gasteiger partial charge in [-0.25, -0.2) is 0 Å². The highest BCUT2D eigenvalue weighted by atomic mass is 14.7. The van der Waals surface area contributed by atoms with Gasteiger partial charge in [-0.05, 0) is 65.8 Å². The van der Waals surface area contributed by atoms with Gasteiger partial charge in [-0.15, -0.1) is 0 Å². The largest absolute Gasteiger partial charge is 0.324 e. The van der Waals surface area contributed by atoms with Crippen molar-refractivity contribution in [3.05, 3.63) is 47.5 Å². The van der Waals surface area contributed by atoms with Crippen molar-refractivity contribution in [2.24, 2.45) is 23.5 Å². The Balaban J connectivity index is 1.79. The highest BCUT2D eigenvalue weighted by Gasteiger charge is 2.42. The van der Waals surface area contributed by atoms with E-state index in [9.17, 15) is 0 Å². The molecular weight excluding hydrogens is 242 g/mol. The molecule has 2 aromatic carbocycles. The van der Waals surface area contributed by atoms with E-state index in [0.717, 1.165) is 11.8 Å². The van der Waals surface area contributed by atoms with Crippen LogP contribution in [0.2, 0.25) is 0 Å². The van der Waals surface area contributed by atoms with Crippen LogP contribution in [0.5, 0.6) is 0 Å². The molecule has 2 aliphatic carbocycles. The molecule has 4 rings (SSSR count). The van der Waals surface area contributed by atoms with Crippen LogP contribution in [0.25, 0.3) is 10.8 Å². The number of benzene rings is 2. The Labute approximate surface area is 121 Å². The molecule has 20 heavy (non-hydrogen) atoms. The minimum absolute atomic E-state index is 0.219. The fraction of sp³-hybridized carbons (Fsp3) is 0.474. The highest BCUT2D eigenvalue weighted by molar-refractivity contribution is 5.87. The number of aryl methyl sites for hydroxylation is 1. The van der Waals surface area contributed by atoms with Gasteiger partial charge in [0.1, 0.15) is 0 Å². The van der Waals surface area contributed by atoms with Crippen molar-refractivity contribution in [1.29, 1.82) is 0 Å². The van der Waals surface area contributed by atoms with Crippen LogP contribution in [-0.4, -0.2) is 0 Å². The SMILES string of the molecule is Cc1ccc2ccccc2c1C(N)C1CC2CCC1C2. The maximum atomic E-state index is 6.75. The number of rotatable bonds is 2. The van der Waals surface area contributed by atoms with Crippen molar-refractivity contribution in [2.45, 2.75) is 38.6 Å². The van der Waals surface area contributed by atoms with Crippen LogP contribution in [0.15, 0.2) is 36.4 Å². The fourth-order valence-electron chi connectivity index (χ4n) is 4.79. The first kappa shape index (κ1) is 12.4. The third kappa shape index (κ3) is 1.80. The van der Waals surface area contributed by atoms with Gasteiger partial charge in [0, 0.05) is 6.04 Å². The van der Waals surface area contributed by atoms with Crippen LogP contribution >= 0.6 is 0 Å². The Bertz CT molecular complexity index is 645. The molecule has 4 atom stereocenters. The minimum atomic E-state index is 0.219. The van der Waals surface area contributed by atoms with Crippen LogP contribution < -0.4 is 5.73 Å². The minimum Gasteiger partial charge on any atom is -0.324 e. The molecule has 0 aromatic heterocycles. The number of hydrogen-bond acceptors (Lipinski definition) is 1. The van der Waals surface area contributed by atoms with Gasteiger partial charge in [-0.2, -0.15) is 0 Å². The summed E-state index contributed by atoms with van der Waals surface area (Å²) < 4.78 is 0. The van der Waals surface area contributed by atoms with Gasteiger partial charge in [-0.3, -0.25) is 0 Å². The summed E-state index contributed by atoms with van der Waals surface area (Å²) in [5, 5.41) is 2.69. The van der Waals surface area contributed by atoms with Crippen molar-refractivity contribution in [2.75, 3.05) is 0 Å². The molecule has 1 nitrogen and oxygen atoms in total. The third-order valence-electron chi connectivity index (χ3n) is 5.78. The van der Waals surface area contributed by atoms with Crippen LogP contribution in [0, 0.1) is 24.7 Å². The normalized spacial score (nSPS) is 30.0. The smallest absolute Gasteiger partial charge is 0.0335 e. The van der Waals surface area contributed by atoms with Crippen molar-refractivity contribution < 1.29 is 0 Å². The third-order valence-corrected chi connectivity index (χ3v) is 5.78. The van der Waals surface area contributed by atoms with Crippen molar-refractivity contribution in [3.63, 3.8) is 0 Å². The quantitative estimate of drug-likeness (QED) is 0.844. The zero-order chi connectivity index (χ0) is 13.7. The van der Waals surface area contributed by atoms with Gasteiger partial charge in [0.15, 0.2) is 0 Å². The van der Waals surface area contributed by atoms with Crippen LogP contribution in [0.3, 0.4) is 0 Å². The number of fused-ring (bicyclic) bond motifs is 3. The van der Waals surface area contributed by atoms with Crippen LogP contribution in [0.1, 0.15) is 42.9 Å². The highest BCUT2D eigenvalue weighted by Crippen LogP contribution is 2.52. The van der Waals surface area contributed by atoms with Crippen LogP contribution in [0.4, 0.5) is 0 Å². The predicted molar refractivity (Wildman–Crippen MR) is 84.6 cm³/mol. The molecule has 0 saturated heterocycles. The molecule has 0 radical (unpaired) electrons. The first-order chi connectivity index (χ1) is 9.74. The van der Waals surface area contributed by atoms with E-state index in [1.54, 1.807) is 0 Å². The molecular formula is C19H23N. The van der Waals surface area contributed by atoms with Gasteiger partial charge in [0.25, 0.3) is 0 Å². The van der Waals surface area contributed by atoms with Crippen molar-refractivity contribution in [3.8, 4) is 0 Å². The Morgan fingerprint density at radius 1 is 1.05 bits per heavy atom. The molecule has 2 N–H and O–H groups in total. The van der Waals surface area contributed by atoms with Crippen LogP contribution in [-0.2, 0) is 0 Å². The van der Waals surface area contributed by atoms with Gasteiger partial charge < -0.3 is 5.73 Å². The van der Waals surface area contributed by atoms with E-state index in [2.05, 4.69) is 43.3 Å². The fourth-order valence-corrected chi connectivity index (χ4v) is 4.79. The maximum Gasteiger partial charge on any atom is 0.0335 e. The zero-order valence-corrected chi connectivity index (χ0v) is 12.2. The first-order valence-corrected chi connectivity index (χ1v) is 7.98. The molecule has 2 saturated carbocycles. The van der Waals surface area contributed by atoms with E-state index in [1.807, 2.05) is 0 Å². The number of hydrogen-bond donors (Lipinski definition) is 1. The van der Waals surface area contributed by atoms with E-state index in [-0.39, 0.29) is 6.04 Å². The Hall–Kier alpha value is -1.34. The lowest BCUT2D eigenvalue weighted by atomic mass is 9.78. The lowest BCUT2D eigenvalue weighted by Crippen LogP contribution is -2.26. The second kappa shape index (κ2) is 4.60. The van der Waals surface area contributed by atoms with E-state index < -0.39 is 0 Å². The van der Waals surface area contributed by atoms with Crippen molar-refractivity contribution >= 4 is 10.8 Å². The summed E-state index contributed by atoms with van der Waals surface area (Å²) >= 11 is 0. The molecule has 4 unspecified atom stereocenters. The Morgan fingerprint density at radius 3 is 2.65 bits per heavy atom. The first-order valence-electron chi connectivity index (χ1n) is 7.98. The molecule has 1 heteroatoms. The summed E-state index contributed by atoms with van der Waals surface area (Å²) in [5.41, 5.74) is 9.52. The van der Waals surface area contributed by atoms with E-state index in [1.165, 1.54) is 47.6 Å². The molecule has 2 bridgehead atoms. The second-order valence-corrected chi connectivity index (χ2v) is 6.88. The monoisotopic (exact) mass is 265 g/mol. The molecule has 104 valence electrons. The van der Waals surface area contributed by atoms with E-state index in [0.29, 0.717) is 5.92 Å². The second-order valence-electron chi connectivity index (χ2n) is 6.88. The Kier molecular flexibility index (Phi) is 2.85. The standard InChI is InChI=1S/C19H23N/c1-12-6-8-14-4-2-3-5-16(14)18(12)19(20)17-11-13-7-9-15(17)10-13/h2-6,8,13,15,17,19H,7,9-11,20H2,1H3. The maximum absolute atomic E-state index is 6.75. The van der Waals surface area contributed by atoms with Gasteiger partial charge in [0.05, 0.1) is 0 Å². The molecule has 0 aliphatic heterocycles. The predicted octanol–water partition coefficient (Wildman–Crippen LogP) is 4.58. The zero-order valence-electron chi connectivity index (χ0n) is 12.2. The molecule has 0 heterocycles. The number of nitrogens with two attached hydrogens (primary N) is 1. The van der Waals surface area contributed by atoms with Gasteiger partial charge in [0.2, 0.25) is 0 Å². The summed E-state index contributed by atoms with van der Waals surface area (Å²) in [6, 6.07) is 13.4. The lowest BCUT2D eigenvalue weighted by molar-refractivity contribution is 0.285. The van der Waals surface area contributed by atoms with Gasteiger partial charge >= 0.3 is 0 Å². The molecule has 2 aliphatic rings. The molecule has 2 fully saturated rings. The van der Waals surface area contributed by atoms with Crippen molar-refractivity contribution in [1.82, 2.24) is 0 Å². The average molecular weight is 265 g/mol. The summed E-state index contributed by atoms with van der Waals surface area (Å²) in [7, 11) is 0. The van der Waals surface area contributed by atoms with E-state index >= 15 is 0 Å². The summed E-state index contributed by atoms with van der Waals surface area (Å²) in [5.74, 6) is 2.55. The summed E-state index contributed by atoms with van der Waals surface area (Å²) in [6.07, 6.45) is 5.64. The molecule has 0 spiro atoms. The average Bonchev–Trinajstić information content (AvgIpc) is 3.09. The summed E-state index contributed by atoms with van der Waals surface area (Å²) in [4.78, 5) is 0. The lowest BCUT2D eigenvalue weighted by Gasteiger charge is -2.30. The summed E-state index contributed by atoms with van der Waals surface area (Å²) in [6.45, 7) is 2.22.